The summed E-state index contributed by atoms with van der Waals surface area (Å²) in [6.45, 7) is 2.94. The number of unbranched alkanes of at least 4 members (excludes halogenated alkanes) is 4. The Morgan fingerprint density at radius 1 is 1.06 bits per heavy atom. The van der Waals surface area contributed by atoms with Crippen molar-refractivity contribution in [3.05, 3.63) is 18.2 Å². The number of benzene rings is 1. The molecule has 0 aromatic heterocycles. The van der Waals surface area contributed by atoms with E-state index in [0.29, 0.717) is 11.4 Å². The van der Waals surface area contributed by atoms with E-state index in [1.165, 1.54) is 25.7 Å². The molecule has 1 rings (SSSR count). The Kier molecular flexibility index (Phi) is 6.30. The molecule has 3 heteroatoms. The van der Waals surface area contributed by atoms with Gasteiger partial charge in [0.2, 0.25) is 0 Å². The highest BCUT2D eigenvalue weighted by Gasteiger charge is 2.05. The van der Waals surface area contributed by atoms with Gasteiger partial charge in [-0.2, -0.15) is 0 Å². The van der Waals surface area contributed by atoms with Crippen LogP contribution in [0.3, 0.4) is 0 Å². The molecule has 0 amide bonds. The Morgan fingerprint density at radius 3 is 2.47 bits per heavy atom. The maximum absolute atomic E-state index is 5.91. The molecule has 0 aliphatic rings. The highest BCUT2D eigenvalue weighted by Crippen LogP contribution is 2.30. The van der Waals surface area contributed by atoms with E-state index >= 15 is 0 Å². The summed E-state index contributed by atoms with van der Waals surface area (Å²) in [4.78, 5) is 0. The second-order valence-electron chi connectivity index (χ2n) is 4.13. The van der Waals surface area contributed by atoms with Gasteiger partial charge in [-0.3, -0.25) is 0 Å². The van der Waals surface area contributed by atoms with Gasteiger partial charge in [0.05, 0.1) is 13.7 Å². The highest BCUT2D eigenvalue weighted by atomic mass is 16.5. The second-order valence-corrected chi connectivity index (χ2v) is 4.13. The molecular formula is C14H23NO2. The van der Waals surface area contributed by atoms with Crippen molar-refractivity contribution < 1.29 is 9.47 Å². The number of para-hydroxylation sites is 1. The number of anilines is 1. The molecule has 0 radical (unpaired) electrons. The fraction of sp³-hybridized carbons (Fsp3) is 0.571. The minimum atomic E-state index is 0.587. The zero-order chi connectivity index (χ0) is 12.5. The summed E-state index contributed by atoms with van der Waals surface area (Å²) in [5, 5.41) is 0. The van der Waals surface area contributed by atoms with E-state index in [1.807, 2.05) is 18.2 Å². The van der Waals surface area contributed by atoms with Crippen molar-refractivity contribution in [1.29, 1.82) is 0 Å². The summed E-state index contributed by atoms with van der Waals surface area (Å²) < 4.78 is 10.8. The molecule has 0 aliphatic carbocycles. The van der Waals surface area contributed by atoms with Crippen molar-refractivity contribution in [2.45, 2.75) is 39.0 Å². The van der Waals surface area contributed by atoms with E-state index in [4.69, 9.17) is 15.2 Å². The number of methoxy groups -OCH3 is 1. The maximum Gasteiger partial charge on any atom is 0.146 e. The molecule has 0 heterocycles. The molecule has 0 unspecified atom stereocenters. The maximum atomic E-state index is 5.91. The van der Waals surface area contributed by atoms with Gasteiger partial charge in [0.15, 0.2) is 0 Å². The molecule has 17 heavy (non-hydrogen) atoms. The first kappa shape index (κ1) is 13.7. The fourth-order valence-corrected chi connectivity index (χ4v) is 1.72. The van der Waals surface area contributed by atoms with Gasteiger partial charge in [-0.15, -0.1) is 0 Å². The van der Waals surface area contributed by atoms with Crippen LogP contribution in [0.1, 0.15) is 39.0 Å². The summed E-state index contributed by atoms with van der Waals surface area (Å²) in [7, 11) is 1.61. The normalized spacial score (nSPS) is 10.2. The summed E-state index contributed by atoms with van der Waals surface area (Å²) in [5.41, 5.74) is 6.49. The summed E-state index contributed by atoms with van der Waals surface area (Å²) in [6, 6.07) is 5.61. The van der Waals surface area contributed by atoms with Crippen molar-refractivity contribution in [3.8, 4) is 11.5 Å². The van der Waals surface area contributed by atoms with E-state index in [1.54, 1.807) is 7.11 Å². The molecule has 1 aromatic rings. The van der Waals surface area contributed by atoms with Gasteiger partial charge in [0.25, 0.3) is 0 Å². The van der Waals surface area contributed by atoms with Crippen molar-refractivity contribution >= 4 is 5.69 Å². The van der Waals surface area contributed by atoms with Gasteiger partial charge in [-0.25, -0.2) is 0 Å². The number of hydrogen-bond donors (Lipinski definition) is 1. The SMILES string of the molecule is CCCCCCCOc1cccc(OC)c1N. The average Bonchev–Trinajstić information content (AvgIpc) is 2.35. The topological polar surface area (TPSA) is 44.5 Å². The zero-order valence-corrected chi connectivity index (χ0v) is 10.9. The summed E-state index contributed by atoms with van der Waals surface area (Å²) >= 11 is 0. The van der Waals surface area contributed by atoms with Crippen LogP contribution in [0.5, 0.6) is 11.5 Å². The van der Waals surface area contributed by atoms with Crippen LogP contribution in [-0.4, -0.2) is 13.7 Å². The fourth-order valence-electron chi connectivity index (χ4n) is 1.72. The number of nitrogens with two attached hydrogens (primary N) is 1. The second kappa shape index (κ2) is 7.82. The van der Waals surface area contributed by atoms with Gasteiger partial charge in [-0.05, 0) is 18.6 Å². The van der Waals surface area contributed by atoms with E-state index in [-0.39, 0.29) is 0 Å². The molecule has 96 valence electrons. The molecule has 0 saturated carbocycles. The van der Waals surface area contributed by atoms with Crippen molar-refractivity contribution in [2.75, 3.05) is 19.5 Å². The Labute approximate surface area is 104 Å². The Balaban J connectivity index is 2.31. The van der Waals surface area contributed by atoms with Crippen molar-refractivity contribution in [1.82, 2.24) is 0 Å². The van der Waals surface area contributed by atoms with Crippen LogP contribution in [-0.2, 0) is 0 Å². The molecule has 2 N–H and O–H groups in total. The largest absolute Gasteiger partial charge is 0.494 e. The lowest BCUT2D eigenvalue weighted by Gasteiger charge is -2.11. The number of ether oxygens (including phenoxy) is 2. The van der Waals surface area contributed by atoms with Crippen molar-refractivity contribution in [2.24, 2.45) is 0 Å². The minimum absolute atomic E-state index is 0.587. The predicted octanol–water partition coefficient (Wildman–Crippen LogP) is 3.63. The molecular weight excluding hydrogens is 214 g/mol. The lowest BCUT2D eigenvalue weighted by molar-refractivity contribution is 0.304. The highest BCUT2D eigenvalue weighted by molar-refractivity contribution is 5.62. The molecule has 0 bridgehead atoms. The third kappa shape index (κ3) is 4.55. The number of nitrogen functional groups attached to an aromatic ring is 1. The number of hydrogen-bond acceptors (Lipinski definition) is 3. The Morgan fingerprint density at radius 2 is 1.76 bits per heavy atom. The molecule has 0 aliphatic heterocycles. The first-order chi connectivity index (χ1) is 8.29. The van der Waals surface area contributed by atoms with Gasteiger partial charge >= 0.3 is 0 Å². The molecule has 0 fully saturated rings. The average molecular weight is 237 g/mol. The lowest BCUT2D eigenvalue weighted by atomic mass is 10.2. The van der Waals surface area contributed by atoms with Crippen molar-refractivity contribution in [3.63, 3.8) is 0 Å². The van der Waals surface area contributed by atoms with Gasteiger partial charge in [-0.1, -0.05) is 38.7 Å². The van der Waals surface area contributed by atoms with Crippen LogP contribution in [0.4, 0.5) is 5.69 Å². The first-order valence-corrected chi connectivity index (χ1v) is 6.34. The van der Waals surface area contributed by atoms with E-state index in [2.05, 4.69) is 6.92 Å². The predicted molar refractivity (Wildman–Crippen MR) is 71.7 cm³/mol. The van der Waals surface area contributed by atoms with Crippen LogP contribution < -0.4 is 15.2 Å². The molecule has 3 nitrogen and oxygen atoms in total. The van der Waals surface area contributed by atoms with Crippen LogP contribution in [0.25, 0.3) is 0 Å². The van der Waals surface area contributed by atoms with E-state index in [0.717, 1.165) is 18.8 Å². The standard InChI is InChI=1S/C14H23NO2/c1-3-4-5-6-7-11-17-13-10-8-9-12(16-2)14(13)15/h8-10H,3-7,11,15H2,1-2H3. The molecule has 0 spiro atoms. The Hall–Kier alpha value is -1.38. The minimum Gasteiger partial charge on any atom is -0.494 e. The molecule has 0 saturated heterocycles. The van der Waals surface area contributed by atoms with Crippen LogP contribution in [0.2, 0.25) is 0 Å². The van der Waals surface area contributed by atoms with Gasteiger partial charge in [0.1, 0.15) is 17.2 Å². The monoisotopic (exact) mass is 237 g/mol. The smallest absolute Gasteiger partial charge is 0.146 e. The van der Waals surface area contributed by atoms with Gasteiger partial charge < -0.3 is 15.2 Å². The van der Waals surface area contributed by atoms with Crippen LogP contribution >= 0.6 is 0 Å². The molecule has 0 atom stereocenters. The third-order valence-electron chi connectivity index (χ3n) is 2.75. The zero-order valence-electron chi connectivity index (χ0n) is 10.9. The first-order valence-electron chi connectivity index (χ1n) is 6.34. The summed E-state index contributed by atoms with van der Waals surface area (Å²) in [5.74, 6) is 1.40. The quantitative estimate of drug-likeness (QED) is 0.554. The third-order valence-corrected chi connectivity index (χ3v) is 2.75. The van der Waals surface area contributed by atoms with Crippen LogP contribution in [0.15, 0.2) is 18.2 Å². The van der Waals surface area contributed by atoms with E-state index in [9.17, 15) is 0 Å². The van der Waals surface area contributed by atoms with Gasteiger partial charge in [0, 0.05) is 0 Å². The lowest BCUT2D eigenvalue weighted by Crippen LogP contribution is -2.01. The van der Waals surface area contributed by atoms with E-state index < -0.39 is 0 Å². The molecule has 1 aromatic carbocycles. The van der Waals surface area contributed by atoms with Crippen LogP contribution in [0, 0.1) is 0 Å². The number of rotatable bonds is 8. The Bertz CT molecular complexity index is 326. The summed E-state index contributed by atoms with van der Waals surface area (Å²) in [6.07, 6.45) is 6.16.